The third-order valence-corrected chi connectivity index (χ3v) is 7.77. The van der Waals surface area contributed by atoms with Crippen molar-refractivity contribution in [2.45, 2.75) is 44.7 Å². The van der Waals surface area contributed by atoms with Crippen molar-refractivity contribution in [3.8, 4) is 11.1 Å². The first kappa shape index (κ1) is 26.7. The number of amides is 2. The standard InChI is InChI=1S/C28H36F3N5O2/c1-19-4-5-23(33-27(37)36-8-6-20(18-36)16-28(29,30)31)15-24(19)22-13-25(21-3-2-7-32-17-21)34-26(14-22)35-9-11-38-12-10-35/h4-5,13-15,20-21,32H,2-3,6-12,16-18H2,1H3,(H,33,37)/t20-,21?/m0/s1. The van der Waals surface area contributed by atoms with E-state index in [4.69, 9.17) is 9.72 Å². The monoisotopic (exact) mass is 531 g/mol. The third-order valence-electron chi connectivity index (χ3n) is 7.77. The highest BCUT2D eigenvalue weighted by molar-refractivity contribution is 5.90. The number of hydrogen-bond donors (Lipinski definition) is 2. The number of halogens is 3. The number of piperidine rings is 1. The van der Waals surface area contributed by atoms with E-state index in [2.05, 4.69) is 27.7 Å². The second kappa shape index (κ2) is 11.5. The molecule has 2 N–H and O–H groups in total. The third kappa shape index (κ3) is 6.58. The summed E-state index contributed by atoms with van der Waals surface area (Å²) in [5.41, 5.74) is 4.81. The van der Waals surface area contributed by atoms with Gasteiger partial charge in [0.2, 0.25) is 0 Å². The first-order valence-electron chi connectivity index (χ1n) is 13.5. The van der Waals surface area contributed by atoms with Crippen LogP contribution in [0.3, 0.4) is 0 Å². The summed E-state index contributed by atoms with van der Waals surface area (Å²) in [6.45, 7) is 7.35. The Morgan fingerprint density at radius 2 is 1.97 bits per heavy atom. The minimum Gasteiger partial charge on any atom is -0.378 e. The molecule has 2 amide bonds. The number of aryl methyl sites for hydroxylation is 1. The largest absolute Gasteiger partial charge is 0.389 e. The number of nitrogens with one attached hydrogen (secondary N) is 2. The highest BCUT2D eigenvalue weighted by Gasteiger charge is 2.36. The predicted molar refractivity (Wildman–Crippen MR) is 142 cm³/mol. The van der Waals surface area contributed by atoms with Crippen molar-refractivity contribution in [2.75, 3.05) is 62.7 Å². The number of carbonyl (C=O) groups excluding carboxylic acids is 1. The molecule has 38 heavy (non-hydrogen) atoms. The number of nitrogens with zero attached hydrogens (tertiary/aromatic N) is 3. The number of urea groups is 1. The first-order chi connectivity index (χ1) is 18.2. The van der Waals surface area contributed by atoms with Gasteiger partial charge in [0.25, 0.3) is 0 Å². The van der Waals surface area contributed by atoms with Crippen LogP contribution in [0.25, 0.3) is 11.1 Å². The molecule has 1 aromatic heterocycles. The average Bonchev–Trinajstić information content (AvgIpc) is 3.37. The fraction of sp³-hybridized carbons (Fsp3) is 0.571. The SMILES string of the molecule is Cc1ccc(NC(=O)N2CC[C@@H](CC(F)(F)F)C2)cc1-c1cc(C2CCCNC2)nc(N2CCOCC2)c1. The summed E-state index contributed by atoms with van der Waals surface area (Å²) in [6.07, 6.45) is -2.49. The van der Waals surface area contributed by atoms with Crippen molar-refractivity contribution in [3.05, 3.63) is 41.6 Å². The van der Waals surface area contributed by atoms with Gasteiger partial charge >= 0.3 is 12.2 Å². The Bertz CT molecular complexity index is 1090. The van der Waals surface area contributed by atoms with Crippen LogP contribution in [0, 0.1) is 12.8 Å². The van der Waals surface area contributed by atoms with Gasteiger partial charge in [-0.05, 0) is 79.6 Å². The molecule has 0 bridgehead atoms. The first-order valence-corrected chi connectivity index (χ1v) is 13.5. The quantitative estimate of drug-likeness (QED) is 0.558. The number of ether oxygens (including phenoxy) is 1. The fourth-order valence-corrected chi connectivity index (χ4v) is 5.68. The molecular formula is C28H36F3N5O2. The molecular weight excluding hydrogens is 495 g/mol. The van der Waals surface area contributed by atoms with E-state index in [0.29, 0.717) is 37.8 Å². The molecule has 5 rings (SSSR count). The van der Waals surface area contributed by atoms with E-state index in [9.17, 15) is 18.0 Å². The number of pyridine rings is 1. The minimum atomic E-state index is -4.21. The number of aromatic nitrogens is 1. The van der Waals surface area contributed by atoms with Gasteiger partial charge in [-0.25, -0.2) is 9.78 Å². The molecule has 3 fully saturated rings. The van der Waals surface area contributed by atoms with Crippen LogP contribution in [0.1, 0.15) is 42.9 Å². The second-order valence-electron chi connectivity index (χ2n) is 10.7. The van der Waals surface area contributed by atoms with Crippen LogP contribution < -0.4 is 15.5 Å². The van der Waals surface area contributed by atoms with Crippen LogP contribution in [-0.2, 0) is 4.74 Å². The molecule has 2 atom stereocenters. The van der Waals surface area contributed by atoms with E-state index in [0.717, 1.165) is 67.2 Å². The maximum absolute atomic E-state index is 12.9. The summed E-state index contributed by atoms with van der Waals surface area (Å²) >= 11 is 0. The van der Waals surface area contributed by atoms with E-state index in [1.54, 1.807) is 0 Å². The van der Waals surface area contributed by atoms with Crippen LogP contribution in [-0.4, -0.2) is 74.6 Å². The Labute approximate surface area is 221 Å². The lowest BCUT2D eigenvalue weighted by Gasteiger charge is -2.30. The molecule has 10 heteroatoms. The summed E-state index contributed by atoms with van der Waals surface area (Å²) in [7, 11) is 0. The highest BCUT2D eigenvalue weighted by Crippen LogP contribution is 2.34. The molecule has 0 aliphatic carbocycles. The molecule has 0 spiro atoms. The Kier molecular flexibility index (Phi) is 8.09. The van der Waals surface area contributed by atoms with E-state index in [1.165, 1.54) is 4.90 Å². The van der Waals surface area contributed by atoms with Crippen LogP contribution in [0.15, 0.2) is 30.3 Å². The summed E-state index contributed by atoms with van der Waals surface area (Å²) in [5.74, 6) is 0.733. The van der Waals surface area contributed by atoms with Crippen molar-refractivity contribution < 1.29 is 22.7 Å². The molecule has 0 radical (unpaired) electrons. The number of benzene rings is 1. The lowest BCUT2D eigenvalue weighted by molar-refractivity contribution is -0.143. The maximum atomic E-state index is 12.9. The van der Waals surface area contributed by atoms with Crippen LogP contribution in [0.4, 0.5) is 29.5 Å². The Hall–Kier alpha value is -2.85. The molecule has 7 nitrogen and oxygen atoms in total. The van der Waals surface area contributed by atoms with E-state index in [1.807, 2.05) is 25.1 Å². The summed E-state index contributed by atoms with van der Waals surface area (Å²) in [5, 5.41) is 6.40. The molecule has 1 aromatic carbocycles. The minimum absolute atomic E-state index is 0.121. The van der Waals surface area contributed by atoms with Crippen LogP contribution >= 0.6 is 0 Å². The van der Waals surface area contributed by atoms with Gasteiger partial charge in [0.05, 0.1) is 13.2 Å². The molecule has 1 unspecified atom stereocenters. The topological polar surface area (TPSA) is 69.7 Å². The van der Waals surface area contributed by atoms with E-state index >= 15 is 0 Å². The Morgan fingerprint density at radius 3 is 2.71 bits per heavy atom. The molecule has 206 valence electrons. The molecule has 0 saturated carbocycles. The van der Waals surface area contributed by atoms with Gasteiger partial charge in [-0.1, -0.05) is 6.07 Å². The number of anilines is 2. The van der Waals surface area contributed by atoms with Gasteiger partial charge < -0.3 is 25.2 Å². The highest BCUT2D eigenvalue weighted by atomic mass is 19.4. The summed E-state index contributed by atoms with van der Waals surface area (Å²) in [6, 6.07) is 9.69. The van der Waals surface area contributed by atoms with Crippen molar-refractivity contribution in [3.63, 3.8) is 0 Å². The predicted octanol–water partition coefficient (Wildman–Crippen LogP) is 5.17. The lowest BCUT2D eigenvalue weighted by atomic mass is 9.92. The van der Waals surface area contributed by atoms with Gasteiger partial charge in [0.15, 0.2) is 0 Å². The average molecular weight is 532 g/mol. The van der Waals surface area contributed by atoms with Crippen molar-refractivity contribution in [1.82, 2.24) is 15.2 Å². The van der Waals surface area contributed by atoms with Crippen LogP contribution in [0.5, 0.6) is 0 Å². The Balaban J connectivity index is 1.38. The zero-order chi connectivity index (χ0) is 26.7. The van der Waals surface area contributed by atoms with Crippen molar-refractivity contribution in [1.29, 1.82) is 0 Å². The summed E-state index contributed by atoms with van der Waals surface area (Å²) in [4.78, 5) is 21.7. The number of rotatable bonds is 5. The van der Waals surface area contributed by atoms with Gasteiger partial charge in [0.1, 0.15) is 5.82 Å². The number of alkyl halides is 3. The second-order valence-corrected chi connectivity index (χ2v) is 10.7. The van der Waals surface area contributed by atoms with Gasteiger partial charge in [-0.15, -0.1) is 0 Å². The van der Waals surface area contributed by atoms with E-state index < -0.39 is 18.5 Å². The fourth-order valence-electron chi connectivity index (χ4n) is 5.68. The zero-order valence-corrected chi connectivity index (χ0v) is 21.8. The normalized spacial score (nSPS) is 22.5. The Morgan fingerprint density at radius 1 is 1.16 bits per heavy atom. The number of morpholine rings is 1. The lowest BCUT2D eigenvalue weighted by Crippen LogP contribution is -2.37. The van der Waals surface area contributed by atoms with Gasteiger partial charge in [-0.2, -0.15) is 13.2 Å². The van der Waals surface area contributed by atoms with Gasteiger partial charge in [-0.3, -0.25) is 0 Å². The number of carbonyl (C=O) groups is 1. The van der Waals surface area contributed by atoms with Gasteiger partial charge in [0, 0.05) is 56.4 Å². The summed E-state index contributed by atoms with van der Waals surface area (Å²) < 4.78 is 43.9. The molecule has 4 heterocycles. The molecule has 3 aliphatic heterocycles. The van der Waals surface area contributed by atoms with Crippen molar-refractivity contribution >= 4 is 17.5 Å². The zero-order valence-electron chi connectivity index (χ0n) is 21.8. The molecule has 2 aromatic rings. The number of hydrogen-bond acceptors (Lipinski definition) is 5. The van der Waals surface area contributed by atoms with E-state index in [-0.39, 0.29) is 12.6 Å². The maximum Gasteiger partial charge on any atom is 0.389 e. The number of likely N-dealkylation sites (tertiary alicyclic amines) is 1. The van der Waals surface area contributed by atoms with Crippen LogP contribution in [0.2, 0.25) is 0 Å². The van der Waals surface area contributed by atoms with Crippen molar-refractivity contribution in [2.24, 2.45) is 5.92 Å². The molecule has 3 saturated heterocycles. The molecule has 3 aliphatic rings. The smallest absolute Gasteiger partial charge is 0.378 e.